The molecule has 1 aliphatic rings. The van der Waals surface area contributed by atoms with Gasteiger partial charge in [0.25, 0.3) is 11.8 Å². The Morgan fingerprint density at radius 1 is 1.16 bits per heavy atom. The number of nitriles is 1. The molecule has 31 heavy (non-hydrogen) atoms. The summed E-state index contributed by atoms with van der Waals surface area (Å²) in [6.07, 6.45) is 1.52. The maximum atomic E-state index is 12.5. The molecule has 1 saturated heterocycles. The van der Waals surface area contributed by atoms with Gasteiger partial charge < -0.3 is 19.7 Å². The minimum absolute atomic E-state index is 0.00358. The predicted molar refractivity (Wildman–Crippen MR) is 117 cm³/mol. The van der Waals surface area contributed by atoms with E-state index in [0.29, 0.717) is 43.3 Å². The summed E-state index contributed by atoms with van der Waals surface area (Å²) in [5.74, 6) is -0.00926. The van der Waals surface area contributed by atoms with E-state index in [1.54, 1.807) is 29.2 Å². The number of rotatable bonds is 6. The lowest BCUT2D eigenvalue weighted by molar-refractivity contribution is -0.137. The number of benzene rings is 2. The van der Waals surface area contributed by atoms with Crippen molar-refractivity contribution < 1.29 is 19.1 Å². The van der Waals surface area contributed by atoms with Crippen LogP contribution in [-0.4, -0.2) is 49.6 Å². The van der Waals surface area contributed by atoms with Gasteiger partial charge in [0.15, 0.2) is 6.61 Å². The van der Waals surface area contributed by atoms with Crippen LogP contribution < -0.4 is 10.1 Å². The lowest BCUT2D eigenvalue weighted by Gasteiger charge is -2.26. The lowest BCUT2D eigenvalue weighted by atomic mass is 10.1. The number of amides is 2. The largest absolute Gasteiger partial charge is 0.484 e. The highest BCUT2D eigenvalue weighted by atomic mass is 16.5. The molecule has 0 radical (unpaired) electrons. The van der Waals surface area contributed by atoms with Crippen molar-refractivity contribution in [2.75, 3.05) is 38.2 Å². The molecule has 1 N–H and O–H groups in total. The first-order chi connectivity index (χ1) is 15.0. The number of aryl methyl sites for hydroxylation is 2. The molecular weight excluding hydrogens is 394 g/mol. The van der Waals surface area contributed by atoms with Crippen LogP contribution in [0.4, 0.5) is 5.69 Å². The highest BCUT2D eigenvalue weighted by molar-refractivity contribution is 6.10. The molecule has 0 aliphatic carbocycles. The van der Waals surface area contributed by atoms with E-state index >= 15 is 0 Å². The van der Waals surface area contributed by atoms with Gasteiger partial charge in [0, 0.05) is 18.8 Å². The molecule has 0 bridgehead atoms. The van der Waals surface area contributed by atoms with Gasteiger partial charge in [0.05, 0.1) is 13.2 Å². The number of nitrogens with one attached hydrogen (secondary N) is 1. The minimum atomic E-state index is -0.467. The maximum Gasteiger partial charge on any atom is 0.266 e. The summed E-state index contributed by atoms with van der Waals surface area (Å²) in [7, 11) is 0. The van der Waals surface area contributed by atoms with E-state index in [4.69, 9.17) is 9.47 Å². The second-order valence-corrected chi connectivity index (χ2v) is 7.29. The van der Waals surface area contributed by atoms with E-state index in [1.165, 1.54) is 6.08 Å². The fourth-order valence-corrected chi connectivity index (χ4v) is 3.17. The van der Waals surface area contributed by atoms with Gasteiger partial charge in [-0.15, -0.1) is 0 Å². The Morgan fingerprint density at radius 3 is 2.52 bits per heavy atom. The van der Waals surface area contributed by atoms with Gasteiger partial charge >= 0.3 is 0 Å². The van der Waals surface area contributed by atoms with E-state index in [-0.39, 0.29) is 18.1 Å². The van der Waals surface area contributed by atoms with Crippen LogP contribution >= 0.6 is 0 Å². The first kappa shape index (κ1) is 22.1. The van der Waals surface area contributed by atoms with Gasteiger partial charge in [-0.25, -0.2) is 0 Å². The molecule has 7 nitrogen and oxygen atoms in total. The normalized spacial score (nSPS) is 14.0. The highest BCUT2D eigenvalue weighted by Gasteiger charge is 2.17. The molecule has 0 aromatic heterocycles. The Morgan fingerprint density at radius 2 is 1.87 bits per heavy atom. The maximum absolute atomic E-state index is 12.5. The van der Waals surface area contributed by atoms with Crippen molar-refractivity contribution in [1.29, 1.82) is 5.26 Å². The molecular formula is C24H25N3O4. The van der Waals surface area contributed by atoms with Crippen LogP contribution in [0.3, 0.4) is 0 Å². The predicted octanol–water partition coefficient (Wildman–Crippen LogP) is 3.09. The zero-order valence-electron chi connectivity index (χ0n) is 17.7. The van der Waals surface area contributed by atoms with Gasteiger partial charge in [-0.3, -0.25) is 9.59 Å². The Hall–Kier alpha value is -3.63. The van der Waals surface area contributed by atoms with E-state index in [0.717, 1.165) is 11.1 Å². The van der Waals surface area contributed by atoms with E-state index in [2.05, 4.69) is 5.32 Å². The topological polar surface area (TPSA) is 91.7 Å². The molecule has 3 rings (SSSR count). The first-order valence-corrected chi connectivity index (χ1v) is 10.0. The van der Waals surface area contributed by atoms with Crippen molar-refractivity contribution in [3.63, 3.8) is 0 Å². The quantitative estimate of drug-likeness (QED) is 0.574. The Balaban J connectivity index is 1.60. The SMILES string of the molecule is Cc1ccc(NC(=O)/C(C#N)=C\c2ccc(OCC(=O)N3CCOCC3)cc2)c(C)c1. The van der Waals surface area contributed by atoms with Gasteiger partial charge in [-0.1, -0.05) is 29.8 Å². The Labute approximate surface area is 181 Å². The highest BCUT2D eigenvalue weighted by Crippen LogP contribution is 2.19. The van der Waals surface area contributed by atoms with E-state index in [1.807, 2.05) is 38.1 Å². The molecule has 0 spiro atoms. The molecule has 2 aromatic rings. The van der Waals surface area contributed by atoms with Crippen molar-refractivity contribution >= 4 is 23.6 Å². The summed E-state index contributed by atoms with van der Waals surface area (Å²) >= 11 is 0. The van der Waals surface area contributed by atoms with Crippen molar-refractivity contribution in [1.82, 2.24) is 4.90 Å². The summed E-state index contributed by atoms with van der Waals surface area (Å²) in [5.41, 5.74) is 3.38. The summed E-state index contributed by atoms with van der Waals surface area (Å²) in [4.78, 5) is 26.4. The van der Waals surface area contributed by atoms with Crippen molar-refractivity contribution in [3.05, 3.63) is 64.7 Å². The molecule has 0 saturated carbocycles. The third kappa shape index (κ3) is 6.17. The van der Waals surface area contributed by atoms with Crippen LogP contribution in [0.2, 0.25) is 0 Å². The van der Waals surface area contributed by atoms with Crippen LogP contribution in [-0.2, 0) is 14.3 Å². The average Bonchev–Trinajstić information content (AvgIpc) is 2.79. The smallest absolute Gasteiger partial charge is 0.266 e. The first-order valence-electron chi connectivity index (χ1n) is 10.0. The summed E-state index contributed by atoms with van der Waals surface area (Å²) < 4.78 is 10.8. The number of hydrogen-bond acceptors (Lipinski definition) is 5. The monoisotopic (exact) mass is 419 g/mol. The van der Waals surface area contributed by atoms with Crippen molar-refractivity contribution in [2.24, 2.45) is 0 Å². The second kappa shape index (κ2) is 10.4. The van der Waals surface area contributed by atoms with Gasteiger partial charge in [-0.2, -0.15) is 5.26 Å². The van der Waals surface area contributed by atoms with Crippen LogP contribution in [0.15, 0.2) is 48.0 Å². The van der Waals surface area contributed by atoms with Crippen LogP contribution in [0.1, 0.15) is 16.7 Å². The van der Waals surface area contributed by atoms with E-state index in [9.17, 15) is 14.9 Å². The van der Waals surface area contributed by atoms with Crippen LogP contribution in [0.5, 0.6) is 5.75 Å². The minimum Gasteiger partial charge on any atom is -0.484 e. The van der Waals surface area contributed by atoms with Crippen LogP contribution in [0.25, 0.3) is 6.08 Å². The lowest BCUT2D eigenvalue weighted by Crippen LogP contribution is -2.42. The van der Waals surface area contributed by atoms with Gasteiger partial charge in [0.2, 0.25) is 0 Å². The molecule has 7 heteroatoms. The standard InChI is InChI=1S/C24H25N3O4/c1-17-3-8-22(18(2)13-17)26-24(29)20(15-25)14-19-4-6-21(7-5-19)31-16-23(28)27-9-11-30-12-10-27/h3-8,13-14H,9-12,16H2,1-2H3,(H,26,29)/b20-14-. The van der Waals surface area contributed by atoms with Crippen molar-refractivity contribution in [3.8, 4) is 11.8 Å². The molecule has 160 valence electrons. The fourth-order valence-electron chi connectivity index (χ4n) is 3.17. The summed E-state index contributed by atoms with van der Waals surface area (Å²) in [6.45, 7) is 6.08. The third-order valence-corrected chi connectivity index (χ3v) is 4.91. The molecule has 2 amide bonds. The molecule has 2 aromatic carbocycles. The molecule has 0 unspecified atom stereocenters. The summed E-state index contributed by atoms with van der Waals surface area (Å²) in [6, 6.07) is 14.5. The van der Waals surface area contributed by atoms with Gasteiger partial charge in [0.1, 0.15) is 17.4 Å². The number of morpholine rings is 1. The number of nitrogens with zero attached hydrogens (tertiary/aromatic N) is 2. The second-order valence-electron chi connectivity index (χ2n) is 7.29. The number of carbonyl (C=O) groups excluding carboxylic acids is 2. The van der Waals surface area contributed by atoms with Crippen LogP contribution in [0, 0.1) is 25.2 Å². The summed E-state index contributed by atoms with van der Waals surface area (Å²) in [5, 5.41) is 12.2. The molecule has 1 heterocycles. The van der Waals surface area contributed by atoms with Crippen molar-refractivity contribution in [2.45, 2.75) is 13.8 Å². The average molecular weight is 419 g/mol. The third-order valence-electron chi connectivity index (χ3n) is 4.91. The van der Waals surface area contributed by atoms with E-state index < -0.39 is 5.91 Å². The zero-order chi connectivity index (χ0) is 22.2. The number of carbonyl (C=O) groups is 2. The zero-order valence-corrected chi connectivity index (χ0v) is 17.7. The molecule has 1 aliphatic heterocycles. The number of anilines is 1. The molecule has 1 fully saturated rings. The number of ether oxygens (including phenoxy) is 2. The Kier molecular flexibility index (Phi) is 7.41. The van der Waals surface area contributed by atoms with Gasteiger partial charge in [-0.05, 0) is 49.2 Å². The Bertz CT molecular complexity index is 1020. The fraction of sp³-hybridized carbons (Fsp3) is 0.292. The number of hydrogen-bond donors (Lipinski definition) is 1. The molecule has 0 atom stereocenters.